The maximum Gasteiger partial charge on any atom is 0.317 e. The number of piperidine rings is 1. The lowest BCUT2D eigenvalue weighted by atomic mass is 9.89. The van der Waals surface area contributed by atoms with Gasteiger partial charge in [-0.15, -0.1) is 0 Å². The summed E-state index contributed by atoms with van der Waals surface area (Å²) < 4.78 is 1.80. The van der Waals surface area contributed by atoms with E-state index < -0.39 is 0 Å². The Balaban J connectivity index is 1.26. The number of rotatable bonds is 3. The van der Waals surface area contributed by atoms with Crippen molar-refractivity contribution in [3.8, 4) is 0 Å². The van der Waals surface area contributed by atoms with Gasteiger partial charge in [-0.1, -0.05) is 12.8 Å². The van der Waals surface area contributed by atoms with Crippen molar-refractivity contribution in [1.82, 2.24) is 24.7 Å². The molecule has 0 radical (unpaired) electrons. The highest BCUT2D eigenvalue weighted by Crippen LogP contribution is 2.30. The van der Waals surface area contributed by atoms with E-state index in [1.807, 2.05) is 16.0 Å². The first kappa shape index (κ1) is 19.4. The molecule has 0 aromatic carbocycles. The summed E-state index contributed by atoms with van der Waals surface area (Å²) >= 11 is 0. The Morgan fingerprint density at radius 1 is 0.933 bits per heavy atom. The molecule has 1 saturated carbocycles. The Kier molecular flexibility index (Phi) is 5.35. The molecule has 7 nitrogen and oxygen atoms in total. The molecule has 2 aromatic heterocycles. The number of carbonyl (C=O) groups is 2. The van der Waals surface area contributed by atoms with Gasteiger partial charge in [0.2, 0.25) is 0 Å². The Hall–Kier alpha value is -2.57. The minimum Gasteiger partial charge on any atom is -0.339 e. The van der Waals surface area contributed by atoms with E-state index in [-0.39, 0.29) is 11.9 Å². The molecular weight excluding hydrogens is 378 g/mol. The first-order chi connectivity index (χ1) is 14.7. The van der Waals surface area contributed by atoms with Crippen LogP contribution in [0.5, 0.6) is 0 Å². The maximum atomic E-state index is 12.9. The Bertz CT molecular complexity index is 919. The second-order valence-corrected chi connectivity index (χ2v) is 9.04. The number of pyridine rings is 1. The third-order valence-corrected chi connectivity index (χ3v) is 7.11. The van der Waals surface area contributed by atoms with Crippen LogP contribution in [0.1, 0.15) is 73.2 Å². The van der Waals surface area contributed by atoms with E-state index in [2.05, 4.69) is 22.5 Å². The van der Waals surface area contributed by atoms with Crippen LogP contribution in [0.2, 0.25) is 0 Å². The maximum absolute atomic E-state index is 12.9. The molecule has 2 aromatic rings. The summed E-state index contributed by atoms with van der Waals surface area (Å²) in [5.41, 5.74) is 2.84. The second kappa shape index (κ2) is 8.28. The van der Waals surface area contributed by atoms with Gasteiger partial charge in [0.25, 0.3) is 5.91 Å². The fourth-order valence-electron chi connectivity index (χ4n) is 5.26. The van der Waals surface area contributed by atoms with Crippen LogP contribution in [0.3, 0.4) is 0 Å². The lowest BCUT2D eigenvalue weighted by molar-refractivity contribution is 0.0794. The van der Waals surface area contributed by atoms with Crippen LogP contribution in [-0.2, 0) is 0 Å². The van der Waals surface area contributed by atoms with Crippen molar-refractivity contribution in [2.24, 2.45) is 0 Å². The van der Waals surface area contributed by atoms with Crippen molar-refractivity contribution < 1.29 is 9.59 Å². The van der Waals surface area contributed by atoms with Crippen molar-refractivity contribution in [2.45, 2.75) is 63.3 Å². The van der Waals surface area contributed by atoms with Crippen molar-refractivity contribution in [1.29, 1.82) is 0 Å². The van der Waals surface area contributed by atoms with Crippen LogP contribution in [0.15, 0.2) is 24.5 Å². The third-order valence-electron chi connectivity index (χ3n) is 7.11. The number of urea groups is 1. The zero-order valence-electron chi connectivity index (χ0n) is 17.6. The molecule has 7 heteroatoms. The fraction of sp³-hybridized carbons (Fsp3) is 0.609. The topological polar surface area (TPSA) is 70.0 Å². The summed E-state index contributed by atoms with van der Waals surface area (Å²) in [4.78, 5) is 29.3. The quantitative estimate of drug-likeness (QED) is 0.845. The summed E-state index contributed by atoms with van der Waals surface area (Å²) in [5.74, 6) is 0.508. The smallest absolute Gasteiger partial charge is 0.317 e. The first-order valence-electron chi connectivity index (χ1n) is 11.5. The van der Waals surface area contributed by atoms with E-state index in [1.54, 1.807) is 10.7 Å². The van der Waals surface area contributed by atoms with E-state index in [9.17, 15) is 9.59 Å². The standard InChI is InChI=1S/C23H31N5O2/c29-22(26-10-3-4-11-26)20-16-24-28-14-9-18(15-21(20)28)17-7-12-27(13-8-17)23(30)25-19-5-1-2-6-19/h9,14-17,19H,1-8,10-13H2,(H,25,30). The molecule has 1 N–H and O–H groups in total. The van der Waals surface area contributed by atoms with Crippen LogP contribution in [0, 0.1) is 0 Å². The first-order valence-corrected chi connectivity index (χ1v) is 11.5. The van der Waals surface area contributed by atoms with Gasteiger partial charge in [0.15, 0.2) is 0 Å². The van der Waals surface area contributed by atoms with Crippen molar-refractivity contribution in [3.05, 3.63) is 35.7 Å². The van der Waals surface area contributed by atoms with Crippen molar-refractivity contribution in [2.75, 3.05) is 26.2 Å². The summed E-state index contributed by atoms with van der Waals surface area (Å²) in [7, 11) is 0. The van der Waals surface area contributed by atoms with Gasteiger partial charge in [-0.2, -0.15) is 5.10 Å². The molecule has 30 heavy (non-hydrogen) atoms. The van der Waals surface area contributed by atoms with Gasteiger partial charge in [-0.25, -0.2) is 9.31 Å². The number of fused-ring (bicyclic) bond motifs is 1. The van der Waals surface area contributed by atoms with E-state index >= 15 is 0 Å². The number of nitrogens with zero attached hydrogens (tertiary/aromatic N) is 4. The van der Waals surface area contributed by atoms with Gasteiger partial charge in [0, 0.05) is 38.4 Å². The van der Waals surface area contributed by atoms with E-state index in [0.29, 0.717) is 17.5 Å². The second-order valence-electron chi connectivity index (χ2n) is 9.04. The van der Waals surface area contributed by atoms with Crippen LogP contribution in [0.4, 0.5) is 4.79 Å². The SMILES string of the molecule is O=C(NC1CCCC1)N1CCC(c2ccn3ncc(C(=O)N4CCCC4)c3c2)CC1. The molecule has 0 atom stereocenters. The van der Waals surface area contributed by atoms with Gasteiger partial charge < -0.3 is 15.1 Å². The normalized spacial score (nSPS) is 20.9. The van der Waals surface area contributed by atoms with Crippen molar-refractivity contribution in [3.63, 3.8) is 0 Å². The molecule has 0 spiro atoms. The number of likely N-dealkylation sites (tertiary alicyclic amines) is 2. The zero-order chi connectivity index (χ0) is 20.5. The molecule has 2 saturated heterocycles. The van der Waals surface area contributed by atoms with Crippen LogP contribution in [-0.4, -0.2) is 63.6 Å². The lowest BCUT2D eigenvalue weighted by Gasteiger charge is -2.33. The average Bonchev–Trinajstić information content (AvgIpc) is 3.54. The summed E-state index contributed by atoms with van der Waals surface area (Å²) in [5, 5.41) is 7.59. The fourth-order valence-corrected chi connectivity index (χ4v) is 5.26. The van der Waals surface area contributed by atoms with Gasteiger partial charge in [0.05, 0.1) is 17.3 Å². The number of amides is 3. The molecule has 5 rings (SSSR count). The molecule has 4 heterocycles. The molecule has 0 unspecified atom stereocenters. The summed E-state index contributed by atoms with van der Waals surface area (Å²) in [6.45, 7) is 3.26. The summed E-state index contributed by atoms with van der Waals surface area (Å²) in [6, 6.07) is 4.72. The summed E-state index contributed by atoms with van der Waals surface area (Å²) in [6.07, 6.45) is 12.4. The Morgan fingerprint density at radius 2 is 1.67 bits per heavy atom. The minimum absolute atomic E-state index is 0.0954. The molecular formula is C23H31N5O2. The lowest BCUT2D eigenvalue weighted by Crippen LogP contribution is -2.47. The van der Waals surface area contributed by atoms with E-state index in [0.717, 1.165) is 70.2 Å². The zero-order valence-corrected chi connectivity index (χ0v) is 17.6. The number of hydrogen-bond acceptors (Lipinski definition) is 3. The highest BCUT2D eigenvalue weighted by atomic mass is 16.2. The largest absolute Gasteiger partial charge is 0.339 e. The van der Waals surface area contributed by atoms with Gasteiger partial charge >= 0.3 is 6.03 Å². The predicted molar refractivity (Wildman–Crippen MR) is 115 cm³/mol. The van der Waals surface area contributed by atoms with E-state index in [4.69, 9.17) is 0 Å². The van der Waals surface area contributed by atoms with Gasteiger partial charge in [-0.05, 0) is 62.1 Å². The molecule has 1 aliphatic carbocycles. The molecule has 3 amide bonds. The Labute approximate surface area is 177 Å². The van der Waals surface area contributed by atoms with Crippen LogP contribution >= 0.6 is 0 Å². The Morgan fingerprint density at radius 3 is 2.40 bits per heavy atom. The van der Waals surface area contributed by atoms with Crippen LogP contribution in [0.25, 0.3) is 5.52 Å². The number of nitrogens with one attached hydrogen (secondary N) is 1. The minimum atomic E-state index is 0.0954. The number of aromatic nitrogens is 2. The molecule has 2 aliphatic heterocycles. The van der Waals surface area contributed by atoms with Crippen molar-refractivity contribution >= 4 is 17.5 Å². The molecule has 3 fully saturated rings. The average molecular weight is 410 g/mol. The third kappa shape index (κ3) is 3.77. The highest BCUT2D eigenvalue weighted by molar-refractivity contribution is 6.00. The molecule has 3 aliphatic rings. The van der Waals surface area contributed by atoms with Gasteiger partial charge in [0.1, 0.15) is 0 Å². The molecule has 0 bridgehead atoms. The predicted octanol–water partition coefficient (Wildman–Crippen LogP) is 3.40. The monoisotopic (exact) mass is 409 g/mol. The molecule has 160 valence electrons. The number of carbonyl (C=O) groups excluding carboxylic acids is 2. The van der Waals surface area contributed by atoms with Gasteiger partial charge in [-0.3, -0.25) is 4.79 Å². The van der Waals surface area contributed by atoms with E-state index in [1.165, 1.54) is 18.4 Å². The number of hydrogen-bond donors (Lipinski definition) is 1. The highest BCUT2D eigenvalue weighted by Gasteiger charge is 2.27. The van der Waals surface area contributed by atoms with Crippen LogP contribution < -0.4 is 5.32 Å².